The number of hydrogen-bond donors (Lipinski definition) is 2. The number of hydrogen-bond acceptors (Lipinski definition) is 2. The van der Waals surface area contributed by atoms with Gasteiger partial charge in [-0.05, 0) is 46.0 Å². The van der Waals surface area contributed by atoms with Crippen LogP contribution in [0.15, 0.2) is 97.1 Å². The first-order chi connectivity index (χ1) is 14.6. The van der Waals surface area contributed by atoms with E-state index in [1.165, 1.54) is 11.1 Å². The molecule has 0 heterocycles. The van der Waals surface area contributed by atoms with E-state index in [1.54, 1.807) is 0 Å². The van der Waals surface area contributed by atoms with Crippen molar-refractivity contribution >= 4 is 22.4 Å². The number of anilines is 1. The summed E-state index contributed by atoms with van der Waals surface area (Å²) in [6.45, 7) is 0. The molecule has 5 rings (SSSR count). The fourth-order valence-electron chi connectivity index (χ4n) is 4.39. The number of carbonyl (C=O) groups is 1. The Morgan fingerprint density at radius 1 is 0.867 bits per heavy atom. The van der Waals surface area contributed by atoms with Crippen LogP contribution in [-0.4, -0.2) is 5.91 Å². The van der Waals surface area contributed by atoms with Gasteiger partial charge in [-0.1, -0.05) is 84.9 Å². The van der Waals surface area contributed by atoms with Crippen LogP contribution in [-0.2, 0) is 16.8 Å². The fraction of sp³-hybridized carbons (Fsp3) is 0.148. The lowest BCUT2D eigenvalue weighted by atomic mass is 9.99. The van der Waals surface area contributed by atoms with Crippen LogP contribution in [0.1, 0.15) is 29.0 Å². The second-order valence-corrected chi connectivity index (χ2v) is 8.15. The SMILES string of the molecule is NC1(c2ccccc2)CC1c1ccc(NC(=O)Cc2cccc3ccccc23)cc1. The predicted octanol–water partition coefficient (Wildman–Crippen LogP) is 5.36. The highest BCUT2D eigenvalue weighted by Crippen LogP contribution is 2.56. The third-order valence-electron chi connectivity index (χ3n) is 6.14. The van der Waals surface area contributed by atoms with Gasteiger partial charge in [-0.3, -0.25) is 4.79 Å². The summed E-state index contributed by atoms with van der Waals surface area (Å²) >= 11 is 0. The monoisotopic (exact) mass is 392 g/mol. The third kappa shape index (κ3) is 3.49. The predicted molar refractivity (Wildman–Crippen MR) is 122 cm³/mol. The van der Waals surface area contributed by atoms with Gasteiger partial charge < -0.3 is 11.1 Å². The molecule has 1 saturated carbocycles. The van der Waals surface area contributed by atoms with Crippen molar-refractivity contribution in [1.29, 1.82) is 0 Å². The average molecular weight is 393 g/mol. The number of carbonyl (C=O) groups excluding carboxylic acids is 1. The molecule has 148 valence electrons. The molecule has 1 amide bonds. The second kappa shape index (κ2) is 7.43. The normalized spacial score (nSPS) is 20.1. The van der Waals surface area contributed by atoms with Crippen LogP contribution in [0.3, 0.4) is 0 Å². The van der Waals surface area contributed by atoms with E-state index < -0.39 is 0 Å². The Kier molecular flexibility index (Phi) is 4.61. The Morgan fingerprint density at radius 2 is 1.57 bits per heavy atom. The molecule has 1 fully saturated rings. The zero-order chi connectivity index (χ0) is 20.6. The molecule has 2 unspecified atom stereocenters. The maximum atomic E-state index is 12.6. The zero-order valence-corrected chi connectivity index (χ0v) is 16.7. The standard InChI is InChI=1S/C27H24N2O/c28-27(22-10-2-1-3-11-22)18-25(27)20-13-15-23(16-14-20)29-26(30)17-21-9-6-8-19-7-4-5-12-24(19)21/h1-16,25H,17-18,28H2,(H,29,30). The van der Waals surface area contributed by atoms with E-state index in [2.05, 4.69) is 47.8 Å². The molecule has 0 saturated heterocycles. The number of nitrogens with two attached hydrogens (primary N) is 1. The molecule has 3 nitrogen and oxygen atoms in total. The summed E-state index contributed by atoms with van der Waals surface area (Å²) in [6.07, 6.45) is 1.30. The van der Waals surface area contributed by atoms with Crippen molar-refractivity contribution < 1.29 is 4.79 Å². The second-order valence-electron chi connectivity index (χ2n) is 8.15. The van der Waals surface area contributed by atoms with Gasteiger partial charge in [0.2, 0.25) is 5.91 Å². The summed E-state index contributed by atoms with van der Waals surface area (Å²) in [4.78, 5) is 12.6. The largest absolute Gasteiger partial charge is 0.326 e. The molecule has 1 aliphatic carbocycles. The van der Waals surface area contributed by atoms with Gasteiger partial charge in [-0.2, -0.15) is 0 Å². The van der Waals surface area contributed by atoms with E-state index in [9.17, 15) is 4.79 Å². The van der Waals surface area contributed by atoms with E-state index in [0.717, 1.165) is 28.4 Å². The molecule has 0 aromatic heterocycles. The highest BCUT2D eigenvalue weighted by Gasteiger charge is 2.52. The first-order valence-corrected chi connectivity index (χ1v) is 10.3. The van der Waals surface area contributed by atoms with Gasteiger partial charge in [0.25, 0.3) is 0 Å². The van der Waals surface area contributed by atoms with E-state index in [1.807, 2.05) is 54.6 Å². The molecule has 3 heteroatoms. The van der Waals surface area contributed by atoms with Crippen LogP contribution >= 0.6 is 0 Å². The maximum Gasteiger partial charge on any atom is 0.228 e. The molecule has 30 heavy (non-hydrogen) atoms. The Hall–Kier alpha value is -3.43. The quantitative estimate of drug-likeness (QED) is 0.480. The van der Waals surface area contributed by atoms with Crippen LogP contribution in [0.2, 0.25) is 0 Å². The molecule has 4 aromatic carbocycles. The highest BCUT2D eigenvalue weighted by atomic mass is 16.1. The number of fused-ring (bicyclic) bond motifs is 1. The lowest BCUT2D eigenvalue weighted by Crippen LogP contribution is -2.21. The minimum Gasteiger partial charge on any atom is -0.326 e. The van der Waals surface area contributed by atoms with Gasteiger partial charge in [0.15, 0.2) is 0 Å². The molecule has 0 aliphatic heterocycles. The van der Waals surface area contributed by atoms with Crippen LogP contribution in [0.4, 0.5) is 5.69 Å². The third-order valence-corrected chi connectivity index (χ3v) is 6.14. The zero-order valence-electron chi connectivity index (χ0n) is 16.7. The fourth-order valence-corrected chi connectivity index (χ4v) is 4.39. The Labute approximate surface area is 176 Å². The number of rotatable bonds is 5. The lowest BCUT2D eigenvalue weighted by molar-refractivity contribution is -0.115. The molecule has 4 aromatic rings. The molecule has 1 aliphatic rings. The van der Waals surface area contributed by atoms with Gasteiger partial charge in [0.05, 0.1) is 6.42 Å². The first kappa shape index (κ1) is 18.6. The first-order valence-electron chi connectivity index (χ1n) is 10.3. The number of benzene rings is 4. The van der Waals surface area contributed by atoms with Gasteiger partial charge in [-0.25, -0.2) is 0 Å². The summed E-state index contributed by atoms with van der Waals surface area (Å²) in [5.74, 6) is 0.309. The Morgan fingerprint density at radius 3 is 2.37 bits per heavy atom. The van der Waals surface area contributed by atoms with Gasteiger partial charge in [-0.15, -0.1) is 0 Å². The number of nitrogens with one attached hydrogen (secondary N) is 1. The van der Waals surface area contributed by atoms with Crippen LogP contribution in [0.5, 0.6) is 0 Å². The summed E-state index contributed by atoms with van der Waals surface area (Å²) in [5, 5.41) is 5.30. The maximum absolute atomic E-state index is 12.6. The Bertz CT molecular complexity index is 1200. The highest BCUT2D eigenvalue weighted by molar-refractivity contribution is 5.96. The number of amides is 1. The van der Waals surface area contributed by atoms with Crippen molar-refractivity contribution in [3.05, 3.63) is 114 Å². The van der Waals surface area contributed by atoms with E-state index >= 15 is 0 Å². The lowest BCUT2D eigenvalue weighted by Gasteiger charge is -2.13. The summed E-state index contributed by atoms with van der Waals surface area (Å²) in [5.41, 5.74) is 10.6. The van der Waals surface area contributed by atoms with E-state index in [-0.39, 0.29) is 11.4 Å². The Balaban J connectivity index is 1.26. The topological polar surface area (TPSA) is 55.1 Å². The van der Waals surface area contributed by atoms with Gasteiger partial charge >= 0.3 is 0 Å². The molecular formula is C27H24N2O. The minimum atomic E-state index is -0.277. The van der Waals surface area contributed by atoms with Crippen molar-refractivity contribution in [2.75, 3.05) is 5.32 Å². The van der Waals surface area contributed by atoms with E-state index in [4.69, 9.17) is 5.73 Å². The van der Waals surface area contributed by atoms with Gasteiger partial charge in [0, 0.05) is 17.1 Å². The summed E-state index contributed by atoms with van der Waals surface area (Å²) < 4.78 is 0. The molecule has 0 radical (unpaired) electrons. The molecule has 0 spiro atoms. The van der Waals surface area contributed by atoms with Crippen LogP contribution in [0, 0.1) is 0 Å². The van der Waals surface area contributed by atoms with Crippen molar-refractivity contribution in [1.82, 2.24) is 0 Å². The molecule has 3 N–H and O–H groups in total. The van der Waals surface area contributed by atoms with Crippen molar-refractivity contribution in [2.45, 2.75) is 24.3 Å². The minimum absolute atomic E-state index is 0.0111. The average Bonchev–Trinajstić information content (AvgIpc) is 3.48. The van der Waals surface area contributed by atoms with E-state index in [0.29, 0.717) is 12.3 Å². The summed E-state index contributed by atoms with van der Waals surface area (Å²) in [7, 11) is 0. The molecule has 2 atom stereocenters. The van der Waals surface area contributed by atoms with Crippen LogP contribution < -0.4 is 11.1 Å². The van der Waals surface area contributed by atoms with Crippen molar-refractivity contribution in [3.8, 4) is 0 Å². The van der Waals surface area contributed by atoms with Gasteiger partial charge in [0.1, 0.15) is 0 Å². The smallest absolute Gasteiger partial charge is 0.228 e. The summed E-state index contributed by atoms with van der Waals surface area (Å²) in [6, 6.07) is 32.6. The van der Waals surface area contributed by atoms with Crippen molar-refractivity contribution in [2.24, 2.45) is 5.73 Å². The molecular weight excluding hydrogens is 368 g/mol. The molecule has 0 bridgehead atoms. The van der Waals surface area contributed by atoms with Crippen molar-refractivity contribution in [3.63, 3.8) is 0 Å². The van der Waals surface area contributed by atoms with Crippen LogP contribution in [0.25, 0.3) is 10.8 Å².